The van der Waals surface area contributed by atoms with E-state index in [1.807, 2.05) is 6.92 Å². The first kappa shape index (κ1) is 9.89. The molecule has 0 spiro atoms. The Morgan fingerprint density at radius 3 is 2.80 bits per heavy atom. The number of anilines is 1. The SMILES string of the molecule is Cc1cnc(N2CCC[C@H]2C(=O)O)nc1. The molecule has 0 unspecified atom stereocenters. The maximum atomic E-state index is 11.0. The molecule has 1 aromatic heterocycles. The molecular weight excluding hydrogens is 194 g/mol. The highest BCUT2D eigenvalue weighted by Gasteiger charge is 2.31. The van der Waals surface area contributed by atoms with Gasteiger partial charge < -0.3 is 10.0 Å². The number of rotatable bonds is 2. The smallest absolute Gasteiger partial charge is 0.326 e. The molecule has 15 heavy (non-hydrogen) atoms. The Balaban J connectivity index is 2.22. The van der Waals surface area contributed by atoms with E-state index in [0.29, 0.717) is 12.4 Å². The Hall–Kier alpha value is -1.65. The Labute approximate surface area is 87.8 Å². The highest BCUT2D eigenvalue weighted by atomic mass is 16.4. The maximum Gasteiger partial charge on any atom is 0.326 e. The summed E-state index contributed by atoms with van der Waals surface area (Å²) in [5.41, 5.74) is 0.977. The van der Waals surface area contributed by atoms with E-state index in [9.17, 15) is 4.79 Å². The van der Waals surface area contributed by atoms with Crippen LogP contribution in [0.5, 0.6) is 0 Å². The number of carboxylic acid groups (broad SMARTS) is 1. The summed E-state index contributed by atoms with van der Waals surface area (Å²) in [5.74, 6) is -0.276. The lowest BCUT2D eigenvalue weighted by Gasteiger charge is -2.20. The van der Waals surface area contributed by atoms with Gasteiger partial charge in [0.1, 0.15) is 6.04 Å². The van der Waals surface area contributed by atoms with Crippen LogP contribution >= 0.6 is 0 Å². The van der Waals surface area contributed by atoms with Crippen molar-refractivity contribution < 1.29 is 9.90 Å². The molecule has 1 N–H and O–H groups in total. The van der Waals surface area contributed by atoms with Crippen molar-refractivity contribution in [3.8, 4) is 0 Å². The van der Waals surface area contributed by atoms with E-state index < -0.39 is 12.0 Å². The molecule has 0 saturated carbocycles. The summed E-state index contributed by atoms with van der Waals surface area (Å²) in [6, 6.07) is -0.465. The van der Waals surface area contributed by atoms with Crippen LogP contribution in [-0.2, 0) is 4.79 Å². The van der Waals surface area contributed by atoms with E-state index >= 15 is 0 Å². The minimum Gasteiger partial charge on any atom is -0.480 e. The zero-order chi connectivity index (χ0) is 10.8. The van der Waals surface area contributed by atoms with E-state index in [-0.39, 0.29) is 0 Å². The molecule has 5 heteroatoms. The van der Waals surface area contributed by atoms with Crippen molar-refractivity contribution in [2.45, 2.75) is 25.8 Å². The van der Waals surface area contributed by atoms with Crippen LogP contribution in [0.25, 0.3) is 0 Å². The second-order valence-electron chi connectivity index (χ2n) is 3.75. The first-order valence-corrected chi connectivity index (χ1v) is 4.96. The summed E-state index contributed by atoms with van der Waals surface area (Å²) in [7, 11) is 0. The van der Waals surface area contributed by atoms with Gasteiger partial charge in [0.05, 0.1) is 0 Å². The molecular formula is C10H13N3O2. The lowest BCUT2D eigenvalue weighted by atomic mass is 10.2. The zero-order valence-electron chi connectivity index (χ0n) is 8.55. The molecule has 1 aromatic rings. The fourth-order valence-corrected chi connectivity index (χ4v) is 1.80. The van der Waals surface area contributed by atoms with Crippen molar-refractivity contribution in [2.24, 2.45) is 0 Å². The summed E-state index contributed by atoms with van der Waals surface area (Å²) >= 11 is 0. The van der Waals surface area contributed by atoms with Gasteiger partial charge in [0.2, 0.25) is 5.95 Å². The number of nitrogens with zero attached hydrogens (tertiary/aromatic N) is 3. The third kappa shape index (κ3) is 1.91. The largest absolute Gasteiger partial charge is 0.480 e. The summed E-state index contributed by atoms with van der Waals surface area (Å²) in [5, 5.41) is 9.00. The van der Waals surface area contributed by atoms with Crippen LogP contribution in [-0.4, -0.2) is 33.6 Å². The van der Waals surface area contributed by atoms with Crippen LogP contribution in [0.4, 0.5) is 5.95 Å². The van der Waals surface area contributed by atoms with E-state index in [2.05, 4.69) is 9.97 Å². The Kier molecular flexibility index (Phi) is 2.53. The van der Waals surface area contributed by atoms with Gasteiger partial charge in [0.25, 0.3) is 0 Å². The molecule has 80 valence electrons. The van der Waals surface area contributed by atoms with Crippen molar-refractivity contribution in [2.75, 3.05) is 11.4 Å². The minimum atomic E-state index is -0.795. The average Bonchev–Trinajstić information content (AvgIpc) is 2.67. The first-order valence-electron chi connectivity index (χ1n) is 4.96. The maximum absolute atomic E-state index is 11.0. The normalized spacial score (nSPS) is 20.6. The number of hydrogen-bond acceptors (Lipinski definition) is 4. The fourth-order valence-electron chi connectivity index (χ4n) is 1.80. The van der Waals surface area contributed by atoms with E-state index in [0.717, 1.165) is 18.5 Å². The van der Waals surface area contributed by atoms with Gasteiger partial charge in [-0.3, -0.25) is 0 Å². The number of aryl methyl sites for hydroxylation is 1. The number of carbonyl (C=O) groups is 1. The van der Waals surface area contributed by atoms with Gasteiger partial charge in [-0.2, -0.15) is 0 Å². The highest BCUT2D eigenvalue weighted by Crippen LogP contribution is 2.21. The quantitative estimate of drug-likeness (QED) is 0.778. The Bertz CT molecular complexity index is 363. The van der Waals surface area contributed by atoms with Crippen LogP contribution in [0.3, 0.4) is 0 Å². The molecule has 1 saturated heterocycles. The van der Waals surface area contributed by atoms with Crippen LogP contribution in [0.1, 0.15) is 18.4 Å². The van der Waals surface area contributed by atoms with Crippen molar-refractivity contribution >= 4 is 11.9 Å². The highest BCUT2D eigenvalue weighted by molar-refractivity contribution is 5.77. The molecule has 2 rings (SSSR count). The van der Waals surface area contributed by atoms with E-state index in [4.69, 9.17) is 5.11 Å². The third-order valence-corrected chi connectivity index (χ3v) is 2.56. The predicted octanol–water partition coefficient (Wildman–Crippen LogP) is 0.838. The second-order valence-corrected chi connectivity index (χ2v) is 3.75. The van der Waals surface area contributed by atoms with Gasteiger partial charge in [-0.25, -0.2) is 14.8 Å². The lowest BCUT2D eigenvalue weighted by molar-refractivity contribution is -0.138. The molecule has 0 radical (unpaired) electrons. The second kappa shape index (κ2) is 3.84. The standard InChI is InChI=1S/C10H13N3O2/c1-7-5-11-10(12-6-7)13-4-2-3-8(13)9(14)15/h5-6,8H,2-4H2,1H3,(H,14,15)/t8-/m0/s1. The molecule has 1 atom stereocenters. The number of hydrogen-bond donors (Lipinski definition) is 1. The average molecular weight is 207 g/mol. The Morgan fingerprint density at radius 1 is 1.53 bits per heavy atom. The molecule has 1 aliphatic heterocycles. The van der Waals surface area contributed by atoms with Crippen molar-refractivity contribution in [1.82, 2.24) is 9.97 Å². The molecule has 1 aliphatic rings. The van der Waals surface area contributed by atoms with Crippen LogP contribution in [0, 0.1) is 6.92 Å². The van der Waals surface area contributed by atoms with Crippen LogP contribution < -0.4 is 4.90 Å². The molecule has 0 amide bonds. The first-order chi connectivity index (χ1) is 7.18. The third-order valence-electron chi connectivity index (χ3n) is 2.56. The van der Waals surface area contributed by atoms with E-state index in [1.54, 1.807) is 17.3 Å². The monoisotopic (exact) mass is 207 g/mol. The lowest BCUT2D eigenvalue weighted by Crippen LogP contribution is -2.36. The van der Waals surface area contributed by atoms with E-state index in [1.165, 1.54) is 0 Å². The van der Waals surface area contributed by atoms with Gasteiger partial charge in [-0.1, -0.05) is 0 Å². The molecule has 0 bridgehead atoms. The zero-order valence-corrected chi connectivity index (χ0v) is 8.55. The summed E-state index contributed by atoms with van der Waals surface area (Å²) < 4.78 is 0. The van der Waals surface area contributed by atoms with Gasteiger partial charge in [0, 0.05) is 18.9 Å². The van der Waals surface area contributed by atoms with Gasteiger partial charge in [-0.15, -0.1) is 0 Å². The van der Waals surface area contributed by atoms with Gasteiger partial charge in [-0.05, 0) is 25.3 Å². The minimum absolute atomic E-state index is 0.465. The summed E-state index contributed by atoms with van der Waals surface area (Å²) in [4.78, 5) is 21.0. The molecule has 2 heterocycles. The van der Waals surface area contributed by atoms with Crippen molar-refractivity contribution in [3.05, 3.63) is 18.0 Å². The fraction of sp³-hybridized carbons (Fsp3) is 0.500. The Morgan fingerprint density at radius 2 is 2.20 bits per heavy atom. The van der Waals surface area contributed by atoms with Crippen LogP contribution in [0.15, 0.2) is 12.4 Å². The van der Waals surface area contributed by atoms with Gasteiger partial charge >= 0.3 is 5.97 Å². The predicted molar refractivity (Wildman–Crippen MR) is 54.8 cm³/mol. The number of carboxylic acids is 1. The summed E-state index contributed by atoms with van der Waals surface area (Å²) in [6.07, 6.45) is 4.97. The molecule has 0 aromatic carbocycles. The summed E-state index contributed by atoms with van der Waals surface area (Å²) in [6.45, 7) is 2.63. The van der Waals surface area contributed by atoms with Crippen LogP contribution in [0.2, 0.25) is 0 Å². The van der Waals surface area contributed by atoms with Crippen molar-refractivity contribution in [3.63, 3.8) is 0 Å². The number of aliphatic carboxylic acids is 1. The van der Waals surface area contributed by atoms with Gasteiger partial charge in [0.15, 0.2) is 0 Å². The number of aromatic nitrogens is 2. The molecule has 0 aliphatic carbocycles. The van der Waals surface area contributed by atoms with Crippen molar-refractivity contribution in [1.29, 1.82) is 0 Å². The molecule has 1 fully saturated rings. The molecule has 5 nitrogen and oxygen atoms in total. The topological polar surface area (TPSA) is 66.3 Å².